The van der Waals surface area contributed by atoms with Gasteiger partial charge in [0.2, 0.25) is 0 Å². The predicted octanol–water partition coefficient (Wildman–Crippen LogP) is 3.30. The van der Waals surface area contributed by atoms with E-state index in [1.54, 1.807) is 26.0 Å². The van der Waals surface area contributed by atoms with Crippen LogP contribution in [0.25, 0.3) is 6.08 Å². The zero-order valence-electron chi connectivity index (χ0n) is 15.7. The number of benzene rings is 2. The van der Waals surface area contributed by atoms with Crippen molar-refractivity contribution < 1.29 is 34.4 Å². The molecule has 0 heterocycles. The molecule has 0 aromatic heterocycles. The fourth-order valence-corrected chi connectivity index (χ4v) is 2.62. The van der Waals surface area contributed by atoms with Gasteiger partial charge in [-0.15, -0.1) is 0 Å². The van der Waals surface area contributed by atoms with Gasteiger partial charge in [0.25, 0.3) is 0 Å². The van der Waals surface area contributed by atoms with Crippen molar-refractivity contribution in [2.45, 2.75) is 20.0 Å². The lowest BCUT2D eigenvalue weighted by Gasteiger charge is -2.31. The molecule has 0 aliphatic heterocycles. The van der Waals surface area contributed by atoms with Gasteiger partial charge in [-0.3, -0.25) is 4.79 Å². The van der Waals surface area contributed by atoms with E-state index in [-0.39, 0.29) is 17.2 Å². The first kappa shape index (κ1) is 20.8. The molecule has 0 bridgehead atoms. The molecule has 1 unspecified atom stereocenters. The molecule has 0 aliphatic carbocycles. The smallest absolute Gasteiger partial charge is 0.331 e. The van der Waals surface area contributed by atoms with E-state index in [2.05, 4.69) is 0 Å². The minimum absolute atomic E-state index is 0.0386. The Hall–Kier alpha value is -3.48. The summed E-state index contributed by atoms with van der Waals surface area (Å²) in [4.78, 5) is 24.6. The molecule has 1 atom stereocenters. The Morgan fingerprint density at radius 3 is 2.21 bits per heavy atom. The summed E-state index contributed by atoms with van der Waals surface area (Å²) in [5, 5.41) is 28.3. The van der Waals surface area contributed by atoms with Crippen LogP contribution in [0.2, 0.25) is 0 Å². The summed E-state index contributed by atoms with van der Waals surface area (Å²) >= 11 is 0. The number of esters is 2. The number of carbonyl (C=O) groups is 2. The summed E-state index contributed by atoms with van der Waals surface area (Å²) in [6, 6.07) is 10.1. The average molecular weight is 386 g/mol. The molecule has 0 fully saturated rings. The number of hydrogen-bond donors (Lipinski definition) is 3. The van der Waals surface area contributed by atoms with Crippen LogP contribution in [0.4, 0.5) is 0 Å². The number of aromatic hydroxyl groups is 3. The van der Waals surface area contributed by atoms with Gasteiger partial charge < -0.3 is 24.8 Å². The van der Waals surface area contributed by atoms with Crippen LogP contribution in [0.3, 0.4) is 0 Å². The van der Waals surface area contributed by atoms with Gasteiger partial charge in [-0.05, 0) is 55.3 Å². The van der Waals surface area contributed by atoms with Gasteiger partial charge in [0.15, 0.2) is 11.5 Å². The molecule has 148 valence electrons. The normalized spacial score (nSPS) is 12.5. The molecule has 0 spiro atoms. The van der Waals surface area contributed by atoms with Gasteiger partial charge in [0.05, 0.1) is 7.11 Å². The van der Waals surface area contributed by atoms with Crippen LogP contribution in [0, 0.1) is 5.41 Å². The highest BCUT2D eigenvalue weighted by Gasteiger charge is 2.41. The second kappa shape index (κ2) is 8.47. The highest BCUT2D eigenvalue weighted by Crippen LogP contribution is 2.38. The molecular weight excluding hydrogens is 364 g/mol. The van der Waals surface area contributed by atoms with E-state index in [4.69, 9.17) is 9.47 Å². The van der Waals surface area contributed by atoms with Gasteiger partial charge in [0, 0.05) is 6.08 Å². The van der Waals surface area contributed by atoms with Crippen molar-refractivity contribution in [2.75, 3.05) is 7.11 Å². The van der Waals surface area contributed by atoms with Gasteiger partial charge in [-0.2, -0.15) is 0 Å². The number of hydrogen-bond acceptors (Lipinski definition) is 7. The van der Waals surface area contributed by atoms with Crippen LogP contribution in [0.5, 0.6) is 17.2 Å². The van der Waals surface area contributed by atoms with Crippen LogP contribution in [-0.2, 0) is 19.1 Å². The van der Waals surface area contributed by atoms with Crippen molar-refractivity contribution in [3.63, 3.8) is 0 Å². The second-order valence-electron chi connectivity index (χ2n) is 6.70. The van der Waals surface area contributed by atoms with Crippen molar-refractivity contribution in [3.05, 3.63) is 59.7 Å². The summed E-state index contributed by atoms with van der Waals surface area (Å²) < 4.78 is 10.3. The standard InChI is InChI=1S/C21H22O7/c1-21(2,20(26)27-3)19(14-6-8-15(22)9-7-14)28-18(25)11-5-13-4-10-16(23)17(24)12-13/h4-12,19,22-24H,1-3H3/b11-5+. The van der Waals surface area contributed by atoms with Crippen molar-refractivity contribution in [1.82, 2.24) is 0 Å². The molecule has 2 aromatic carbocycles. The van der Waals surface area contributed by atoms with Crippen LogP contribution in [-0.4, -0.2) is 34.4 Å². The van der Waals surface area contributed by atoms with E-state index in [0.717, 1.165) is 6.08 Å². The van der Waals surface area contributed by atoms with Crippen molar-refractivity contribution in [3.8, 4) is 17.2 Å². The average Bonchev–Trinajstić information content (AvgIpc) is 2.67. The molecule has 0 radical (unpaired) electrons. The molecule has 7 nitrogen and oxygen atoms in total. The summed E-state index contributed by atoms with van der Waals surface area (Å²) in [6.07, 6.45) is 1.58. The fourth-order valence-electron chi connectivity index (χ4n) is 2.62. The van der Waals surface area contributed by atoms with Crippen molar-refractivity contribution >= 4 is 18.0 Å². The summed E-state index contributed by atoms with van der Waals surface area (Å²) in [6.45, 7) is 3.18. The molecule has 2 rings (SSSR count). The molecule has 0 amide bonds. The third-order valence-electron chi connectivity index (χ3n) is 4.21. The molecule has 0 aliphatic rings. The third kappa shape index (κ3) is 4.82. The minimum Gasteiger partial charge on any atom is -0.508 e. The SMILES string of the molecule is COC(=O)C(C)(C)C(OC(=O)/C=C/c1ccc(O)c(O)c1)c1ccc(O)cc1. The predicted molar refractivity (Wildman–Crippen MR) is 102 cm³/mol. The fraction of sp³-hybridized carbons (Fsp3) is 0.238. The Bertz CT molecular complexity index is 882. The summed E-state index contributed by atoms with van der Waals surface area (Å²) in [5.74, 6) is -1.83. The third-order valence-corrected chi connectivity index (χ3v) is 4.21. The maximum absolute atomic E-state index is 12.4. The topological polar surface area (TPSA) is 113 Å². The zero-order valence-corrected chi connectivity index (χ0v) is 15.7. The minimum atomic E-state index is -1.19. The lowest BCUT2D eigenvalue weighted by Crippen LogP contribution is -2.35. The highest BCUT2D eigenvalue weighted by molar-refractivity contribution is 5.88. The molecule has 0 saturated heterocycles. The van der Waals surface area contributed by atoms with Crippen molar-refractivity contribution in [1.29, 1.82) is 0 Å². The van der Waals surface area contributed by atoms with Gasteiger partial charge >= 0.3 is 11.9 Å². The lowest BCUT2D eigenvalue weighted by atomic mass is 9.82. The molecule has 7 heteroatoms. The maximum Gasteiger partial charge on any atom is 0.331 e. The van der Waals surface area contributed by atoms with Crippen LogP contribution < -0.4 is 0 Å². The van der Waals surface area contributed by atoms with E-state index in [0.29, 0.717) is 11.1 Å². The van der Waals surface area contributed by atoms with E-state index in [9.17, 15) is 24.9 Å². The quantitative estimate of drug-likeness (QED) is 0.396. The van der Waals surface area contributed by atoms with E-state index < -0.39 is 23.5 Å². The Morgan fingerprint density at radius 1 is 1.00 bits per heavy atom. The van der Waals surface area contributed by atoms with Gasteiger partial charge in [0.1, 0.15) is 17.3 Å². The molecule has 28 heavy (non-hydrogen) atoms. The number of carbonyl (C=O) groups excluding carboxylic acids is 2. The Balaban J connectivity index is 2.27. The molecule has 3 N–H and O–H groups in total. The largest absolute Gasteiger partial charge is 0.508 e. The van der Waals surface area contributed by atoms with Crippen LogP contribution in [0.1, 0.15) is 31.1 Å². The number of rotatable bonds is 6. The monoisotopic (exact) mass is 386 g/mol. The maximum atomic E-state index is 12.4. The molecule has 2 aromatic rings. The number of methoxy groups -OCH3 is 1. The molecule has 0 saturated carbocycles. The van der Waals surface area contributed by atoms with E-state index in [1.165, 1.54) is 43.5 Å². The first-order valence-electron chi connectivity index (χ1n) is 8.43. The molecular formula is C21H22O7. The summed E-state index contributed by atoms with van der Waals surface area (Å²) in [5.41, 5.74) is -0.204. The Kier molecular flexibility index (Phi) is 6.30. The van der Waals surface area contributed by atoms with E-state index in [1.807, 2.05) is 0 Å². The summed E-state index contributed by atoms with van der Waals surface area (Å²) in [7, 11) is 1.25. The Labute approximate surface area is 162 Å². The highest BCUT2D eigenvalue weighted by atomic mass is 16.6. The van der Waals surface area contributed by atoms with Gasteiger partial charge in [-0.25, -0.2) is 4.79 Å². The van der Waals surface area contributed by atoms with Crippen molar-refractivity contribution in [2.24, 2.45) is 5.41 Å². The lowest BCUT2D eigenvalue weighted by molar-refractivity contribution is -0.166. The van der Waals surface area contributed by atoms with Crippen LogP contribution in [0.15, 0.2) is 48.5 Å². The van der Waals surface area contributed by atoms with Gasteiger partial charge in [-0.1, -0.05) is 18.2 Å². The first-order valence-corrected chi connectivity index (χ1v) is 8.43. The zero-order chi connectivity index (χ0) is 20.9. The Morgan fingerprint density at radius 2 is 1.64 bits per heavy atom. The van der Waals surface area contributed by atoms with Crippen LogP contribution >= 0.6 is 0 Å². The number of phenolic OH excluding ortho intramolecular Hbond substituents is 3. The van der Waals surface area contributed by atoms with E-state index >= 15 is 0 Å². The first-order chi connectivity index (χ1) is 13.1. The number of ether oxygens (including phenoxy) is 2. The number of phenols is 3. The second-order valence-corrected chi connectivity index (χ2v) is 6.70.